The molecule has 82 valence electrons. The summed E-state index contributed by atoms with van der Waals surface area (Å²) in [4.78, 5) is 0. The summed E-state index contributed by atoms with van der Waals surface area (Å²) in [5.74, 6) is 0. The van der Waals surface area contributed by atoms with E-state index in [9.17, 15) is 0 Å². The first-order chi connectivity index (χ1) is 7.59. The van der Waals surface area contributed by atoms with Gasteiger partial charge in [0.2, 0.25) is 0 Å². The SMILES string of the molecule is Cc1cccc(Cl)c1-c1ccc(Br)cc1Cl. The van der Waals surface area contributed by atoms with Gasteiger partial charge in [0.1, 0.15) is 0 Å². The van der Waals surface area contributed by atoms with Crippen LogP contribution in [0.4, 0.5) is 0 Å². The molecule has 2 aromatic carbocycles. The lowest BCUT2D eigenvalue weighted by Gasteiger charge is -2.10. The van der Waals surface area contributed by atoms with Gasteiger partial charge in [-0.05, 0) is 30.7 Å². The fourth-order valence-corrected chi connectivity index (χ4v) is 2.76. The Kier molecular flexibility index (Phi) is 3.58. The van der Waals surface area contributed by atoms with E-state index in [1.165, 1.54) is 0 Å². The van der Waals surface area contributed by atoms with Gasteiger partial charge in [0, 0.05) is 25.6 Å². The molecule has 0 spiro atoms. The highest BCUT2D eigenvalue weighted by Gasteiger charge is 2.10. The molecule has 2 aromatic rings. The standard InChI is InChI=1S/C13H9BrCl2/c1-8-3-2-4-11(15)13(8)10-6-5-9(14)7-12(10)16/h2-7H,1H3. The van der Waals surface area contributed by atoms with Crippen molar-refractivity contribution < 1.29 is 0 Å². The Morgan fingerprint density at radius 1 is 1.00 bits per heavy atom. The van der Waals surface area contributed by atoms with Crippen molar-refractivity contribution in [2.75, 3.05) is 0 Å². The van der Waals surface area contributed by atoms with E-state index in [1.54, 1.807) is 0 Å². The van der Waals surface area contributed by atoms with Crippen LogP contribution in [0.5, 0.6) is 0 Å². The lowest BCUT2D eigenvalue weighted by molar-refractivity contribution is 1.45. The van der Waals surface area contributed by atoms with Crippen molar-refractivity contribution in [2.45, 2.75) is 6.92 Å². The molecule has 0 bridgehead atoms. The smallest absolute Gasteiger partial charge is 0.0496 e. The predicted octanol–water partition coefficient (Wildman–Crippen LogP) is 5.73. The van der Waals surface area contributed by atoms with Gasteiger partial charge in [-0.3, -0.25) is 0 Å². The summed E-state index contributed by atoms with van der Waals surface area (Å²) in [5, 5.41) is 1.43. The van der Waals surface area contributed by atoms with Crippen LogP contribution in [-0.4, -0.2) is 0 Å². The van der Waals surface area contributed by atoms with Crippen LogP contribution in [0.2, 0.25) is 10.0 Å². The molecule has 0 fully saturated rings. The van der Waals surface area contributed by atoms with Crippen LogP contribution in [-0.2, 0) is 0 Å². The largest absolute Gasteiger partial charge is 0.0837 e. The molecule has 0 heterocycles. The molecule has 0 aliphatic carbocycles. The summed E-state index contributed by atoms with van der Waals surface area (Å²) in [7, 11) is 0. The number of halogens is 3. The van der Waals surface area contributed by atoms with Crippen molar-refractivity contribution in [3.63, 3.8) is 0 Å². The summed E-state index contributed by atoms with van der Waals surface area (Å²) in [6.07, 6.45) is 0. The maximum atomic E-state index is 6.22. The van der Waals surface area contributed by atoms with Crippen LogP contribution < -0.4 is 0 Å². The minimum absolute atomic E-state index is 0.700. The number of hydrogen-bond acceptors (Lipinski definition) is 0. The molecule has 0 atom stereocenters. The van der Waals surface area contributed by atoms with Crippen LogP contribution >= 0.6 is 39.1 Å². The lowest BCUT2D eigenvalue weighted by Crippen LogP contribution is -1.86. The van der Waals surface area contributed by atoms with E-state index < -0.39 is 0 Å². The molecule has 0 amide bonds. The van der Waals surface area contributed by atoms with Gasteiger partial charge in [-0.1, -0.05) is 57.3 Å². The van der Waals surface area contributed by atoms with Gasteiger partial charge in [0.15, 0.2) is 0 Å². The Morgan fingerprint density at radius 2 is 1.75 bits per heavy atom. The molecule has 0 aliphatic heterocycles. The summed E-state index contributed by atoms with van der Waals surface area (Å²) >= 11 is 15.8. The van der Waals surface area contributed by atoms with E-state index >= 15 is 0 Å². The van der Waals surface area contributed by atoms with Crippen molar-refractivity contribution in [1.82, 2.24) is 0 Å². The zero-order valence-electron chi connectivity index (χ0n) is 8.60. The van der Waals surface area contributed by atoms with Gasteiger partial charge < -0.3 is 0 Å². The minimum Gasteiger partial charge on any atom is -0.0837 e. The molecule has 0 nitrogen and oxygen atoms in total. The first kappa shape index (κ1) is 12.0. The average Bonchev–Trinajstić information content (AvgIpc) is 2.20. The van der Waals surface area contributed by atoms with E-state index in [1.807, 2.05) is 43.3 Å². The van der Waals surface area contributed by atoms with E-state index in [2.05, 4.69) is 15.9 Å². The summed E-state index contributed by atoms with van der Waals surface area (Å²) < 4.78 is 0.964. The molecular weight excluding hydrogens is 307 g/mol. The molecule has 0 aromatic heterocycles. The Morgan fingerprint density at radius 3 is 2.38 bits per heavy atom. The third-order valence-electron chi connectivity index (χ3n) is 2.42. The quantitative estimate of drug-likeness (QED) is 0.630. The van der Waals surface area contributed by atoms with Gasteiger partial charge in [-0.25, -0.2) is 0 Å². The molecule has 0 aliphatic rings. The maximum absolute atomic E-state index is 6.22. The van der Waals surface area contributed by atoms with Gasteiger partial charge in [0.25, 0.3) is 0 Å². The topological polar surface area (TPSA) is 0 Å². The zero-order valence-corrected chi connectivity index (χ0v) is 11.7. The lowest BCUT2D eigenvalue weighted by atomic mass is 10.0. The third-order valence-corrected chi connectivity index (χ3v) is 3.54. The Balaban J connectivity index is 2.68. The Labute approximate surface area is 113 Å². The summed E-state index contributed by atoms with van der Waals surface area (Å²) in [5.41, 5.74) is 3.09. The first-order valence-electron chi connectivity index (χ1n) is 4.80. The molecule has 0 unspecified atom stereocenters. The van der Waals surface area contributed by atoms with Gasteiger partial charge in [-0.2, -0.15) is 0 Å². The predicted molar refractivity (Wildman–Crippen MR) is 74.3 cm³/mol. The van der Waals surface area contributed by atoms with Gasteiger partial charge in [0.05, 0.1) is 0 Å². The molecule has 0 radical (unpaired) electrons. The van der Waals surface area contributed by atoms with E-state index in [4.69, 9.17) is 23.2 Å². The van der Waals surface area contributed by atoms with Crippen LogP contribution in [0.25, 0.3) is 11.1 Å². The van der Waals surface area contributed by atoms with E-state index in [0.29, 0.717) is 5.02 Å². The second-order valence-corrected chi connectivity index (χ2v) is 5.29. The van der Waals surface area contributed by atoms with Crippen molar-refractivity contribution in [1.29, 1.82) is 0 Å². The molecule has 0 saturated carbocycles. The van der Waals surface area contributed by atoms with Crippen LogP contribution in [0.3, 0.4) is 0 Å². The second kappa shape index (κ2) is 4.79. The zero-order chi connectivity index (χ0) is 11.7. The van der Waals surface area contributed by atoms with E-state index in [0.717, 1.165) is 26.2 Å². The Hall–Kier alpha value is -0.500. The van der Waals surface area contributed by atoms with Crippen LogP contribution in [0, 0.1) is 6.92 Å². The number of benzene rings is 2. The normalized spacial score (nSPS) is 10.5. The fraction of sp³-hybridized carbons (Fsp3) is 0.0769. The highest BCUT2D eigenvalue weighted by Crippen LogP contribution is 2.36. The Bertz CT molecular complexity index is 515. The highest BCUT2D eigenvalue weighted by atomic mass is 79.9. The molecule has 16 heavy (non-hydrogen) atoms. The molecule has 0 saturated heterocycles. The van der Waals surface area contributed by atoms with Crippen molar-refractivity contribution in [3.05, 3.63) is 56.5 Å². The monoisotopic (exact) mass is 314 g/mol. The highest BCUT2D eigenvalue weighted by molar-refractivity contribution is 9.10. The van der Waals surface area contributed by atoms with Crippen molar-refractivity contribution in [3.8, 4) is 11.1 Å². The summed E-state index contributed by atoms with van der Waals surface area (Å²) in [6.45, 7) is 2.03. The first-order valence-corrected chi connectivity index (χ1v) is 6.35. The fourth-order valence-electron chi connectivity index (χ4n) is 1.67. The number of hydrogen-bond donors (Lipinski definition) is 0. The van der Waals surface area contributed by atoms with Crippen molar-refractivity contribution >= 4 is 39.1 Å². The van der Waals surface area contributed by atoms with Crippen LogP contribution in [0.15, 0.2) is 40.9 Å². The van der Waals surface area contributed by atoms with Gasteiger partial charge in [-0.15, -0.1) is 0 Å². The number of aryl methyl sites for hydroxylation is 1. The molecule has 2 rings (SSSR count). The number of rotatable bonds is 1. The van der Waals surface area contributed by atoms with E-state index in [-0.39, 0.29) is 0 Å². The third kappa shape index (κ3) is 2.27. The average molecular weight is 316 g/mol. The molecule has 0 N–H and O–H groups in total. The summed E-state index contributed by atoms with van der Waals surface area (Å²) in [6, 6.07) is 11.7. The van der Waals surface area contributed by atoms with Crippen LogP contribution in [0.1, 0.15) is 5.56 Å². The second-order valence-electron chi connectivity index (χ2n) is 3.56. The van der Waals surface area contributed by atoms with Crippen molar-refractivity contribution in [2.24, 2.45) is 0 Å². The minimum atomic E-state index is 0.700. The molecule has 3 heteroatoms. The van der Waals surface area contributed by atoms with Gasteiger partial charge >= 0.3 is 0 Å². The molecular formula is C13H9BrCl2. The maximum Gasteiger partial charge on any atom is 0.0496 e.